The Morgan fingerprint density at radius 2 is 2.35 bits per heavy atom. The molecule has 0 saturated carbocycles. The SMILES string of the molecule is CCOCCCNc1nccn1C(C)c1ccc(Cl)s1. The first-order chi connectivity index (χ1) is 9.72. The van der Waals surface area contributed by atoms with E-state index in [9.17, 15) is 0 Å². The fourth-order valence-electron chi connectivity index (χ4n) is 1.97. The van der Waals surface area contributed by atoms with Gasteiger partial charge in [0.05, 0.1) is 10.4 Å². The molecular weight excluding hydrogens is 294 g/mol. The van der Waals surface area contributed by atoms with Crippen molar-refractivity contribution in [2.24, 2.45) is 0 Å². The molecule has 1 unspecified atom stereocenters. The van der Waals surface area contributed by atoms with Crippen molar-refractivity contribution in [1.29, 1.82) is 0 Å². The second-order valence-corrected chi connectivity index (χ2v) is 6.20. The number of anilines is 1. The van der Waals surface area contributed by atoms with Crippen LogP contribution >= 0.6 is 22.9 Å². The Hall–Kier alpha value is -1.04. The highest BCUT2D eigenvalue weighted by atomic mass is 35.5. The van der Waals surface area contributed by atoms with Crippen LogP contribution in [-0.4, -0.2) is 29.3 Å². The smallest absolute Gasteiger partial charge is 0.203 e. The summed E-state index contributed by atoms with van der Waals surface area (Å²) in [5, 5.41) is 3.35. The van der Waals surface area contributed by atoms with E-state index in [-0.39, 0.29) is 6.04 Å². The maximum Gasteiger partial charge on any atom is 0.203 e. The zero-order valence-electron chi connectivity index (χ0n) is 11.8. The van der Waals surface area contributed by atoms with Crippen LogP contribution in [-0.2, 0) is 4.74 Å². The molecule has 0 saturated heterocycles. The maximum absolute atomic E-state index is 6.00. The fraction of sp³-hybridized carbons (Fsp3) is 0.500. The van der Waals surface area contributed by atoms with Gasteiger partial charge in [-0.25, -0.2) is 4.98 Å². The number of thiophene rings is 1. The van der Waals surface area contributed by atoms with Gasteiger partial charge in [0.2, 0.25) is 5.95 Å². The molecule has 20 heavy (non-hydrogen) atoms. The van der Waals surface area contributed by atoms with Crippen molar-refractivity contribution in [2.45, 2.75) is 26.3 Å². The van der Waals surface area contributed by atoms with Crippen LogP contribution < -0.4 is 5.32 Å². The summed E-state index contributed by atoms with van der Waals surface area (Å²) >= 11 is 7.61. The van der Waals surface area contributed by atoms with Gasteiger partial charge < -0.3 is 14.6 Å². The molecule has 0 aliphatic carbocycles. The van der Waals surface area contributed by atoms with E-state index in [1.165, 1.54) is 4.88 Å². The summed E-state index contributed by atoms with van der Waals surface area (Å²) in [6.07, 6.45) is 4.78. The Morgan fingerprint density at radius 1 is 1.50 bits per heavy atom. The summed E-state index contributed by atoms with van der Waals surface area (Å²) in [7, 11) is 0. The van der Waals surface area contributed by atoms with E-state index in [2.05, 4.69) is 27.9 Å². The summed E-state index contributed by atoms with van der Waals surface area (Å²) in [6, 6.07) is 4.23. The van der Waals surface area contributed by atoms with Gasteiger partial charge in [0, 0.05) is 37.0 Å². The summed E-state index contributed by atoms with van der Waals surface area (Å²) in [5.74, 6) is 0.888. The molecule has 0 spiro atoms. The third-order valence-corrected chi connectivity index (χ3v) is 4.45. The number of hydrogen-bond acceptors (Lipinski definition) is 4. The van der Waals surface area contributed by atoms with Gasteiger partial charge in [-0.05, 0) is 32.4 Å². The molecule has 1 N–H and O–H groups in total. The van der Waals surface area contributed by atoms with Crippen molar-refractivity contribution in [3.63, 3.8) is 0 Å². The Kier molecular flexibility index (Phi) is 5.88. The first kappa shape index (κ1) is 15.4. The Bertz CT molecular complexity index is 526. The monoisotopic (exact) mass is 313 g/mol. The van der Waals surface area contributed by atoms with Crippen LogP contribution in [0.3, 0.4) is 0 Å². The van der Waals surface area contributed by atoms with Crippen molar-refractivity contribution in [1.82, 2.24) is 9.55 Å². The standard InChI is InChI=1S/C14H20ClN3OS/c1-3-19-10-4-7-16-14-17-8-9-18(14)11(2)12-5-6-13(15)20-12/h5-6,8-9,11H,3-4,7,10H2,1-2H3,(H,16,17). The van der Waals surface area contributed by atoms with Gasteiger partial charge in [0.25, 0.3) is 0 Å². The van der Waals surface area contributed by atoms with E-state index in [0.29, 0.717) is 0 Å². The molecule has 2 heterocycles. The highest BCUT2D eigenvalue weighted by Gasteiger charge is 2.13. The summed E-state index contributed by atoms with van der Waals surface area (Å²) in [6.45, 7) is 6.56. The van der Waals surface area contributed by atoms with Crippen molar-refractivity contribution >= 4 is 28.9 Å². The molecule has 2 rings (SSSR count). The van der Waals surface area contributed by atoms with Crippen LogP contribution in [0.2, 0.25) is 4.34 Å². The minimum Gasteiger partial charge on any atom is -0.382 e. The molecule has 0 bridgehead atoms. The first-order valence-corrected chi connectivity index (χ1v) is 8.01. The lowest BCUT2D eigenvalue weighted by Crippen LogP contribution is -2.13. The first-order valence-electron chi connectivity index (χ1n) is 6.82. The molecule has 2 aromatic heterocycles. The van der Waals surface area contributed by atoms with Crippen molar-refractivity contribution in [3.8, 4) is 0 Å². The van der Waals surface area contributed by atoms with Crippen LogP contribution in [0.25, 0.3) is 0 Å². The molecule has 0 aromatic carbocycles. The molecule has 0 aliphatic rings. The maximum atomic E-state index is 6.00. The average Bonchev–Trinajstić information content (AvgIpc) is 3.07. The predicted molar refractivity (Wildman–Crippen MR) is 85.0 cm³/mol. The number of nitrogens with one attached hydrogen (secondary N) is 1. The van der Waals surface area contributed by atoms with Crippen molar-refractivity contribution < 1.29 is 4.74 Å². The molecule has 2 aromatic rings. The number of hydrogen-bond donors (Lipinski definition) is 1. The zero-order chi connectivity index (χ0) is 14.4. The number of imidazole rings is 1. The summed E-state index contributed by atoms with van der Waals surface area (Å²) in [4.78, 5) is 5.60. The highest BCUT2D eigenvalue weighted by Crippen LogP contribution is 2.30. The third-order valence-electron chi connectivity index (χ3n) is 3.04. The fourth-order valence-corrected chi connectivity index (χ4v) is 3.08. The molecule has 0 fully saturated rings. The van der Waals surface area contributed by atoms with Crippen LogP contribution in [0.4, 0.5) is 5.95 Å². The van der Waals surface area contributed by atoms with Crippen molar-refractivity contribution in [2.75, 3.05) is 25.1 Å². The molecule has 4 nitrogen and oxygen atoms in total. The van der Waals surface area contributed by atoms with Gasteiger partial charge in [-0.15, -0.1) is 11.3 Å². The lowest BCUT2D eigenvalue weighted by Gasteiger charge is -2.15. The van der Waals surface area contributed by atoms with Crippen LogP contribution in [0, 0.1) is 0 Å². The Balaban J connectivity index is 1.94. The van der Waals surface area contributed by atoms with E-state index in [1.54, 1.807) is 11.3 Å². The normalized spacial score (nSPS) is 12.6. The van der Waals surface area contributed by atoms with Gasteiger partial charge in [-0.3, -0.25) is 0 Å². The van der Waals surface area contributed by atoms with Crippen LogP contribution in [0.5, 0.6) is 0 Å². The second-order valence-electron chi connectivity index (χ2n) is 4.45. The Morgan fingerprint density at radius 3 is 3.05 bits per heavy atom. The lowest BCUT2D eigenvalue weighted by atomic mass is 10.3. The average molecular weight is 314 g/mol. The van der Waals surface area contributed by atoms with Gasteiger partial charge in [-0.1, -0.05) is 11.6 Å². The minimum absolute atomic E-state index is 0.226. The molecule has 0 amide bonds. The number of aromatic nitrogens is 2. The second kappa shape index (κ2) is 7.67. The molecule has 6 heteroatoms. The van der Waals surface area contributed by atoms with Gasteiger partial charge in [0.15, 0.2) is 0 Å². The van der Waals surface area contributed by atoms with E-state index < -0.39 is 0 Å². The van der Waals surface area contributed by atoms with Gasteiger partial charge in [0.1, 0.15) is 0 Å². The van der Waals surface area contributed by atoms with E-state index in [1.807, 2.05) is 25.4 Å². The molecule has 0 aliphatic heterocycles. The zero-order valence-corrected chi connectivity index (χ0v) is 13.4. The van der Waals surface area contributed by atoms with Crippen molar-refractivity contribution in [3.05, 3.63) is 33.7 Å². The lowest BCUT2D eigenvalue weighted by molar-refractivity contribution is 0.147. The van der Waals surface area contributed by atoms with Gasteiger partial charge >= 0.3 is 0 Å². The number of ether oxygens (including phenoxy) is 1. The van der Waals surface area contributed by atoms with Crippen LogP contribution in [0.1, 0.15) is 31.2 Å². The quantitative estimate of drug-likeness (QED) is 0.747. The van der Waals surface area contributed by atoms with Crippen LogP contribution in [0.15, 0.2) is 24.5 Å². The highest BCUT2D eigenvalue weighted by molar-refractivity contribution is 7.16. The third kappa shape index (κ3) is 3.98. The molecule has 0 radical (unpaired) electrons. The van der Waals surface area contributed by atoms with E-state index in [0.717, 1.165) is 36.5 Å². The van der Waals surface area contributed by atoms with E-state index in [4.69, 9.17) is 16.3 Å². The minimum atomic E-state index is 0.226. The number of nitrogens with zero attached hydrogens (tertiary/aromatic N) is 2. The summed E-state index contributed by atoms with van der Waals surface area (Å²) in [5.41, 5.74) is 0. The Labute approximate surface area is 128 Å². The van der Waals surface area contributed by atoms with E-state index >= 15 is 0 Å². The predicted octanol–water partition coefficient (Wildman–Crippen LogP) is 4.05. The summed E-state index contributed by atoms with van der Waals surface area (Å²) < 4.78 is 8.27. The molecular formula is C14H20ClN3OS. The topological polar surface area (TPSA) is 39.1 Å². The number of rotatable bonds is 8. The molecule has 1 atom stereocenters. The largest absolute Gasteiger partial charge is 0.382 e. The number of halogens is 1. The molecule has 110 valence electrons. The van der Waals surface area contributed by atoms with Gasteiger partial charge in [-0.2, -0.15) is 0 Å².